The third kappa shape index (κ3) is 6.16. The summed E-state index contributed by atoms with van der Waals surface area (Å²) in [7, 11) is -1.22. The minimum absolute atomic E-state index is 0.0441. The predicted octanol–water partition coefficient (Wildman–Crippen LogP) is 5.19. The van der Waals surface area contributed by atoms with Gasteiger partial charge in [0.05, 0.1) is 5.52 Å². The number of ether oxygens (including phenoxy) is 1. The number of nitrogens with zero attached hydrogens (tertiary/aromatic N) is 4. The number of carbonyl (C=O) groups excluding carboxylic acids is 2. The molecular weight excluding hydrogens is 470 g/mol. The van der Waals surface area contributed by atoms with Crippen molar-refractivity contribution < 1.29 is 14.3 Å². The molecule has 0 atom stereocenters. The summed E-state index contributed by atoms with van der Waals surface area (Å²) in [6.07, 6.45) is 7.39. The van der Waals surface area contributed by atoms with Crippen molar-refractivity contribution in [3.63, 3.8) is 0 Å². The Balaban J connectivity index is 1.59. The number of hydrogen-bond donors (Lipinski definition) is 1. The van der Waals surface area contributed by atoms with Crippen LogP contribution < -0.4 is 5.32 Å². The van der Waals surface area contributed by atoms with Gasteiger partial charge in [-0.1, -0.05) is 32.6 Å². The van der Waals surface area contributed by atoms with Gasteiger partial charge >= 0.3 is 0 Å². The Hall–Kier alpha value is -3.56. The van der Waals surface area contributed by atoms with E-state index in [0.29, 0.717) is 37.8 Å². The van der Waals surface area contributed by atoms with Gasteiger partial charge in [0.15, 0.2) is 0 Å². The molecule has 0 aliphatic heterocycles. The van der Waals surface area contributed by atoms with E-state index in [9.17, 15) is 9.59 Å². The fourth-order valence-corrected chi connectivity index (χ4v) is 4.60. The molecule has 8 nitrogen and oxygen atoms in total. The number of amides is 1. The van der Waals surface area contributed by atoms with Gasteiger partial charge in [-0.25, -0.2) is 4.98 Å². The van der Waals surface area contributed by atoms with Crippen LogP contribution in [0.15, 0.2) is 61.2 Å². The second-order valence-electron chi connectivity index (χ2n) is 10.0. The zero-order valence-corrected chi connectivity index (χ0v) is 22.3. The smallest absolute Gasteiger partial charge is 0.271 e. The number of pyridine rings is 1. The van der Waals surface area contributed by atoms with E-state index in [1.165, 1.54) is 0 Å². The van der Waals surface area contributed by atoms with Gasteiger partial charge < -0.3 is 14.6 Å². The summed E-state index contributed by atoms with van der Waals surface area (Å²) < 4.78 is 9.53. The maximum Gasteiger partial charge on any atom is 0.271 e. The first-order valence-electron chi connectivity index (χ1n) is 12.2. The van der Waals surface area contributed by atoms with Crippen LogP contribution in [-0.4, -0.2) is 45.6 Å². The molecule has 3 heterocycles. The van der Waals surface area contributed by atoms with Gasteiger partial charge in [-0.15, -0.1) is 0 Å². The van der Waals surface area contributed by atoms with Crippen LogP contribution in [0.2, 0.25) is 25.7 Å². The average Bonchev–Trinajstić information content (AvgIpc) is 3.49. The second-order valence-corrected chi connectivity index (χ2v) is 15.6. The van der Waals surface area contributed by atoms with Crippen LogP contribution in [0.5, 0.6) is 0 Å². The lowest BCUT2D eigenvalue weighted by molar-refractivity contribution is 0.0878. The van der Waals surface area contributed by atoms with E-state index in [2.05, 4.69) is 34.9 Å². The summed E-state index contributed by atoms with van der Waals surface area (Å²) in [5.41, 5.74) is 2.94. The highest BCUT2D eigenvalue weighted by Crippen LogP contribution is 2.26. The van der Waals surface area contributed by atoms with E-state index in [0.717, 1.165) is 28.1 Å². The first kappa shape index (κ1) is 25.5. The normalized spacial score (nSPS) is 11.7. The lowest BCUT2D eigenvalue weighted by Crippen LogP contribution is -2.23. The van der Waals surface area contributed by atoms with E-state index >= 15 is 0 Å². The molecule has 0 radical (unpaired) electrons. The van der Waals surface area contributed by atoms with Gasteiger partial charge in [-0.05, 0) is 41.9 Å². The van der Waals surface area contributed by atoms with Crippen molar-refractivity contribution in [1.82, 2.24) is 24.4 Å². The largest absolute Gasteiger partial charge is 0.361 e. The van der Waals surface area contributed by atoms with Gasteiger partial charge in [0.1, 0.15) is 18.2 Å². The topological polar surface area (TPSA) is 91.0 Å². The maximum absolute atomic E-state index is 12.9. The molecule has 188 valence electrons. The quantitative estimate of drug-likeness (QED) is 0.237. The van der Waals surface area contributed by atoms with Crippen molar-refractivity contribution >= 4 is 30.8 Å². The monoisotopic (exact) mass is 503 g/mol. The van der Waals surface area contributed by atoms with Gasteiger partial charge in [0.2, 0.25) is 5.91 Å². The number of aromatic nitrogens is 4. The van der Waals surface area contributed by atoms with Crippen LogP contribution >= 0.6 is 0 Å². The van der Waals surface area contributed by atoms with Crippen LogP contribution in [0.3, 0.4) is 0 Å². The van der Waals surface area contributed by atoms with Crippen molar-refractivity contribution in [2.75, 3.05) is 6.61 Å². The molecule has 0 unspecified atom stereocenters. The Morgan fingerprint density at radius 1 is 1.14 bits per heavy atom. The first-order valence-corrected chi connectivity index (χ1v) is 15.9. The molecule has 4 aromatic rings. The molecule has 4 rings (SSSR count). The van der Waals surface area contributed by atoms with E-state index in [1.807, 2.05) is 47.9 Å². The minimum atomic E-state index is -1.22. The highest BCUT2D eigenvalue weighted by molar-refractivity contribution is 6.76. The molecule has 0 fully saturated rings. The molecule has 1 aromatic carbocycles. The van der Waals surface area contributed by atoms with Crippen molar-refractivity contribution in [1.29, 1.82) is 0 Å². The number of hydrogen-bond acceptors (Lipinski definition) is 5. The minimum Gasteiger partial charge on any atom is -0.361 e. The Morgan fingerprint density at radius 2 is 1.97 bits per heavy atom. The Morgan fingerprint density at radius 3 is 2.69 bits per heavy atom. The van der Waals surface area contributed by atoms with Crippen molar-refractivity contribution in [3.05, 3.63) is 72.4 Å². The third-order valence-electron chi connectivity index (χ3n) is 5.93. The number of carbonyl (C=O) groups is 2. The highest BCUT2D eigenvalue weighted by Gasteiger charge is 2.18. The zero-order valence-electron chi connectivity index (χ0n) is 21.3. The van der Waals surface area contributed by atoms with Crippen molar-refractivity contribution in [2.24, 2.45) is 0 Å². The predicted molar refractivity (Wildman–Crippen MR) is 144 cm³/mol. The van der Waals surface area contributed by atoms with Crippen LogP contribution in [-0.2, 0) is 18.0 Å². The van der Waals surface area contributed by atoms with E-state index in [4.69, 9.17) is 4.74 Å². The van der Waals surface area contributed by atoms with E-state index < -0.39 is 8.07 Å². The third-order valence-corrected chi connectivity index (χ3v) is 7.64. The zero-order chi connectivity index (χ0) is 25.7. The molecule has 9 heteroatoms. The van der Waals surface area contributed by atoms with Crippen LogP contribution in [0.4, 0.5) is 0 Å². The molecule has 1 amide bonds. The lowest BCUT2D eigenvalue weighted by atomic mass is 10.1. The van der Waals surface area contributed by atoms with Gasteiger partial charge in [0, 0.05) is 63.4 Å². The van der Waals surface area contributed by atoms with Crippen molar-refractivity contribution in [2.45, 2.75) is 52.3 Å². The fourth-order valence-electron chi connectivity index (χ4n) is 3.84. The summed E-state index contributed by atoms with van der Waals surface area (Å²) in [5.74, 6) is 0.426. The van der Waals surface area contributed by atoms with Gasteiger partial charge in [0.25, 0.3) is 5.91 Å². The number of nitrogens with one attached hydrogen (secondary N) is 1. The molecule has 0 spiro atoms. The van der Waals surface area contributed by atoms with Crippen LogP contribution in [0, 0.1) is 0 Å². The molecule has 1 N–H and O–H groups in total. The summed E-state index contributed by atoms with van der Waals surface area (Å²) in [6, 6.07) is 12.6. The summed E-state index contributed by atoms with van der Waals surface area (Å²) >= 11 is 0. The molecule has 0 bridgehead atoms. The number of benzene rings is 1. The van der Waals surface area contributed by atoms with E-state index in [1.54, 1.807) is 29.4 Å². The number of imidazole rings is 1. The summed E-state index contributed by atoms with van der Waals surface area (Å²) in [6.45, 7) is 10.1. The van der Waals surface area contributed by atoms with Crippen LogP contribution in [0.25, 0.3) is 22.3 Å². The SMILES string of the molecule is CCC(=O)n1ccc2cc(-c3nc(C(=O)NCc4cccnc4)cn3COCC[Si](C)(C)C)ccc21. The average molecular weight is 504 g/mol. The molecule has 0 saturated heterocycles. The Kier molecular flexibility index (Phi) is 7.81. The summed E-state index contributed by atoms with van der Waals surface area (Å²) in [4.78, 5) is 33.9. The van der Waals surface area contributed by atoms with Gasteiger partial charge in [-0.3, -0.25) is 19.1 Å². The maximum atomic E-state index is 12.9. The molecule has 0 aliphatic carbocycles. The van der Waals surface area contributed by atoms with Gasteiger partial charge in [-0.2, -0.15) is 0 Å². The summed E-state index contributed by atoms with van der Waals surface area (Å²) in [5, 5.41) is 3.85. The lowest BCUT2D eigenvalue weighted by Gasteiger charge is -2.16. The first-order chi connectivity index (χ1) is 17.2. The molecule has 36 heavy (non-hydrogen) atoms. The molecule has 0 saturated carbocycles. The highest BCUT2D eigenvalue weighted by atomic mass is 28.3. The van der Waals surface area contributed by atoms with Crippen molar-refractivity contribution in [3.8, 4) is 11.4 Å². The number of fused-ring (bicyclic) bond motifs is 1. The Bertz CT molecular complexity index is 1360. The van der Waals surface area contributed by atoms with Crippen LogP contribution in [0.1, 0.15) is 34.2 Å². The standard InChI is InChI=1S/C27H33N5O3Si/c1-5-25(33)32-12-10-21-15-22(8-9-24(21)32)26-30-23(18-31(26)19-35-13-14-36(2,3)4)27(34)29-17-20-7-6-11-28-16-20/h6-12,15-16,18H,5,13-14,17,19H2,1-4H3,(H,29,34). The Labute approximate surface area is 212 Å². The molecule has 0 aliphatic rings. The number of rotatable bonds is 10. The second kappa shape index (κ2) is 11.0. The molecular formula is C27H33N5O3Si. The fraction of sp³-hybridized carbons (Fsp3) is 0.333. The molecule has 3 aromatic heterocycles. The van der Waals surface area contributed by atoms with E-state index in [-0.39, 0.29) is 11.8 Å².